The van der Waals surface area contributed by atoms with Crippen LogP contribution in [0.1, 0.15) is 21.7 Å². The van der Waals surface area contributed by atoms with Gasteiger partial charge in [0.1, 0.15) is 11.5 Å². The summed E-state index contributed by atoms with van der Waals surface area (Å²) >= 11 is 0. The molecule has 14 heteroatoms. The number of rotatable bonds is 7. The van der Waals surface area contributed by atoms with E-state index in [1.807, 2.05) is 19.0 Å². The van der Waals surface area contributed by atoms with Gasteiger partial charge in [0.15, 0.2) is 5.65 Å². The Bertz CT molecular complexity index is 1490. The van der Waals surface area contributed by atoms with Crippen molar-refractivity contribution in [3.05, 3.63) is 71.7 Å². The first-order valence-electron chi connectivity index (χ1n) is 11.4. The van der Waals surface area contributed by atoms with Crippen molar-refractivity contribution >= 4 is 28.4 Å². The molecule has 0 atom stereocenters. The summed E-state index contributed by atoms with van der Waals surface area (Å²) in [7, 11) is 3.62. The molecule has 2 N–H and O–H groups in total. The molecule has 0 saturated heterocycles. The molecule has 0 radical (unpaired) electrons. The first kappa shape index (κ1) is 27.7. The normalized spacial score (nSPS) is 12.1. The molecule has 0 aliphatic rings. The second-order valence-corrected chi connectivity index (χ2v) is 8.62. The number of fused-ring (bicyclic) bond motifs is 1. The van der Waals surface area contributed by atoms with E-state index in [0.717, 1.165) is 24.3 Å². The number of carbonyl (C=O) groups excluding carboxylic acids is 1. The number of aromatic nitrogens is 4. The van der Waals surface area contributed by atoms with Crippen molar-refractivity contribution in [1.29, 1.82) is 0 Å². The van der Waals surface area contributed by atoms with Crippen LogP contribution in [-0.2, 0) is 12.4 Å². The summed E-state index contributed by atoms with van der Waals surface area (Å²) in [6.45, 7) is 0.767. The predicted octanol–water partition coefficient (Wildman–Crippen LogP) is 5.16. The van der Waals surface area contributed by atoms with Crippen LogP contribution in [0.5, 0.6) is 0 Å². The lowest BCUT2D eigenvalue weighted by atomic mass is 10.1. The van der Waals surface area contributed by atoms with Crippen molar-refractivity contribution in [1.82, 2.24) is 30.2 Å². The number of hydrogen-bond acceptors (Lipinski definition) is 7. The largest absolute Gasteiger partial charge is 0.418 e. The Morgan fingerprint density at radius 3 is 2.26 bits per heavy atom. The van der Waals surface area contributed by atoms with E-state index < -0.39 is 35.1 Å². The predicted molar refractivity (Wildman–Crippen MR) is 131 cm³/mol. The van der Waals surface area contributed by atoms with E-state index in [9.17, 15) is 31.1 Å². The first-order valence-corrected chi connectivity index (χ1v) is 11.4. The summed E-state index contributed by atoms with van der Waals surface area (Å²) in [5, 5.41) is 5.70. The zero-order valence-corrected chi connectivity index (χ0v) is 20.5. The molecule has 4 rings (SSSR count). The van der Waals surface area contributed by atoms with E-state index in [4.69, 9.17) is 0 Å². The fourth-order valence-electron chi connectivity index (χ4n) is 3.53. The lowest BCUT2D eigenvalue weighted by molar-refractivity contribution is -0.138. The number of likely N-dealkylation sites (N-methyl/N-ethyl adjacent to an activating group) is 1. The maximum atomic E-state index is 13.6. The van der Waals surface area contributed by atoms with Crippen LogP contribution < -0.4 is 10.6 Å². The zero-order valence-electron chi connectivity index (χ0n) is 20.5. The van der Waals surface area contributed by atoms with Gasteiger partial charge in [-0.2, -0.15) is 26.3 Å². The summed E-state index contributed by atoms with van der Waals surface area (Å²) in [4.78, 5) is 31.0. The molecule has 1 aromatic carbocycles. The molecule has 3 heterocycles. The van der Waals surface area contributed by atoms with Gasteiger partial charge in [0, 0.05) is 25.0 Å². The van der Waals surface area contributed by atoms with E-state index in [2.05, 4.69) is 30.6 Å². The van der Waals surface area contributed by atoms with E-state index in [-0.39, 0.29) is 40.6 Å². The molecule has 0 aliphatic carbocycles. The fourth-order valence-corrected chi connectivity index (χ4v) is 3.53. The van der Waals surface area contributed by atoms with Crippen molar-refractivity contribution in [3.63, 3.8) is 0 Å². The lowest BCUT2D eigenvalue weighted by Crippen LogP contribution is -2.32. The van der Waals surface area contributed by atoms with Crippen LogP contribution in [0.4, 0.5) is 37.8 Å². The number of amides is 1. The standard InChI is InChI=1S/C25H21F6N7O/c1-38(2)13-12-33-23(39)22-36-20(34-15-7-5-14(6-8-15)24(26,27)28)16-9-10-18(35-21(16)37-22)19-17(25(29,30)31)4-3-11-32-19/h3-11H,12-13H2,1-2H3,(H,33,39)(H,34,35,36,37). The second kappa shape index (κ2) is 10.8. The van der Waals surface area contributed by atoms with Gasteiger partial charge in [-0.05, 0) is 62.6 Å². The lowest BCUT2D eigenvalue weighted by Gasteiger charge is -2.14. The molecule has 39 heavy (non-hydrogen) atoms. The van der Waals surface area contributed by atoms with Crippen LogP contribution in [0.2, 0.25) is 0 Å². The van der Waals surface area contributed by atoms with Crippen molar-refractivity contribution in [2.45, 2.75) is 12.4 Å². The Morgan fingerprint density at radius 1 is 0.897 bits per heavy atom. The topological polar surface area (TPSA) is 95.9 Å². The molecule has 0 bridgehead atoms. The number of alkyl halides is 6. The quantitative estimate of drug-likeness (QED) is 0.308. The molecular formula is C25H21F6N7O. The number of carbonyl (C=O) groups is 1. The van der Waals surface area contributed by atoms with Gasteiger partial charge in [-0.15, -0.1) is 0 Å². The van der Waals surface area contributed by atoms with Gasteiger partial charge in [-0.25, -0.2) is 15.0 Å². The van der Waals surface area contributed by atoms with Gasteiger partial charge in [-0.1, -0.05) is 0 Å². The number of halogens is 6. The molecule has 0 fully saturated rings. The third-order valence-corrected chi connectivity index (χ3v) is 5.44. The highest BCUT2D eigenvalue weighted by molar-refractivity contribution is 5.96. The van der Waals surface area contributed by atoms with Crippen molar-refractivity contribution in [2.75, 3.05) is 32.5 Å². The smallest absolute Gasteiger partial charge is 0.348 e. The van der Waals surface area contributed by atoms with Crippen LogP contribution in [0.15, 0.2) is 54.7 Å². The zero-order chi connectivity index (χ0) is 28.4. The minimum absolute atomic E-state index is 0.0219. The molecule has 3 aromatic heterocycles. The van der Waals surface area contributed by atoms with Crippen LogP contribution in [-0.4, -0.2) is 57.9 Å². The summed E-state index contributed by atoms with van der Waals surface area (Å²) in [6, 6.07) is 8.81. The molecule has 8 nitrogen and oxygen atoms in total. The van der Waals surface area contributed by atoms with E-state index in [1.54, 1.807) is 0 Å². The Balaban J connectivity index is 1.79. The Labute approximate surface area is 218 Å². The number of anilines is 2. The SMILES string of the molecule is CN(C)CCNC(=O)c1nc(Nc2ccc(C(F)(F)F)cc2)c2ccc(-c3ncccc3C(F)(F)F)nc2n1. The highest BCUT2D eigenvalue weighted by atomic mass is 19.4. The van der Waals surface area contributed by atoms with Crippen molar-refractivity contribution in [2.24, 2.45) is 0 Å². The van der Waals surface area contributed by atoms with E-state index in [0.29, 0.717) is 6.54 Å². The number of nitrogens with zero attached hydrogens (tertiary/aromatic N) is 5. The summed E-state index contributed by atoms with van der Waals surface area (Å²) < 4.78 is 79.6. The van der Waals surface area contributed by atoms with Gasteiger partial charge in [0.25, 0.3) is 5.91 Å². The monoisotopic (exact) mass is 549 g/mol. The molecule has 1 amide bonds. The Hall–Kier alpha value is -4.33. The molecular weight excluding hydrogens is 528 g/mol. The van der Waals surface area contributed by atoms with Crippen molar-refractivity contribution < 1.29 is 31.1 Å². The maximum Gasteiger partial charge on any atom is 0.418 e. The maximum absolute atomic E-state index is 13.6. The Morgan fingerprint density at radius 2 is 1.62 bits per heavy atom. The van der Waals surface area contributed by atoms with Crippen LogP contribution in [0.25, 0.3) is 22.4 Å². The highest BCUT2D eigenvalue weighted by Crippen LogP contribution is 2.36. The van der Waals surface area contributed by atoms with Gasteiger partial charge in [0.05, 0.1) is 22.2 Å². The van der Waals surface area contributed by atoms with Gasteiger partial charge < -0.3 is 15.5 Å². The third kappa shape index (κ3) is 6.57. The molecule has 0 unspecified atom stereocenters. The number of nitrogens with one attached hydrogen (secondary N) is 2. The number of benzene rings is 1. The molecule has 0 saturated carbocycles. The van der Waals surface area contributed by atoms with Gasteiger partial charge in [-0.3, -0.25) is 9.78 Å². The van der Waals surface area contributed by atoms with Crippen LogP contribution in [0.3, 0.4) is 0 Å². The van der Waals surface area contributed by atoms with Crippen LogP contribution in [0, 0.1) is 0 Å². The fraction of sp³-hybridized carbons (Fsp3) is 0.240. The van der Waals surface area contributed by atoms with Crippen molar-refractivity contribution in [3.8, 4) is 11.4 Å². The third-order valence-electron chi connectivity index (χ3n) is 5.44. The summed E-state index contributed by atoms with van der Waals surface area (Å²) in [5.74, 6) is -0.985. The Kier molecular flexibility index (Phi) is 7.67. The summed E-state index contributed by atoms with van der Waals surface area (Å²) in [6.07, 6.45) is -8.03. The van der Waals surface area contributed by atoms with E-state index in [1.165, 1.54) is 30.5 Å². The highest BCUT2D eigenvalue weighted by Gasteiger charge is 2.35. The van der Waals surface area contributed by atoms with E-state index >= 15 is 0 Å². The number of hydrogen-bond donors (Lipinski definition) is 2. The second-order valence-electron chi connectivity index (χ2n) is 8.62. The summed E-state index contributed by atoms with van der Waals surface area (Å²) in [5.41, 5.74) is -2.34. The van der Waals surface area contributed by atoms with Crippen LogP contribution >= 0.6 is 0 Å². The number of pyridine rings is 2. The first-order chi connectivity index (χ1) is 18.3. The molecule has 204 valence electrons. The van der Waals surface area contributed by atoms with Gasteiger partial charge >= 0.3 is 12.4 Å². The molecule has 0 aliphatic heterocycles. The minimum Gasteiger partial charge on any atom is -0.348 e. The molecule has 4 aromatic rings. The average Bonchev–Trinajstić information content (AvgIpc) is 2.87. The minimum atomic E-state index is -4.70. The van der Waals surface area contributed by atoms with Gasteiger partial charge in [0.2, 0.25) is 5.82 Å². The average molecular weight is 549 g/mol. The molecule has 0 spiro atoms.